The number of ether oxygens (including phenoxy) is 1. The second-order valence-corrected chi connectivity index (χ2v) is 4.46. The molecule has 0 bridgehead atoms. The van der Waals surface area contributed by atoms with Crippen LogP contribution in [0, 0.1) is 6.92 Å². The van der Waals surface area contributed by atoms with Gasteiger partial charge in [-0.2, -0.15) is 0 Å². The molecule has 0 saturated heterocycles. The second-order valence-electron chi connectivity index (χ2n) is 4.46. The van der Waals surface area contributed by atoms with E-state index in [1.165, 1.54) is 11.1 Å². The van der Waals surface area contributed by atoms with Crippen LogP contribution < -0.4 is 5.32 Å². The van der Waals surface area contributed by atoms with E-state index in [1.54, 1.807) is 0 Å². The van der Waals surface area contributed by atoms with E-state index < -0.39 is 0 Å². The van der Waals surface area contributed by atoms with Crippen molar-refractivity contribution in [2.45, 2.75) is 45.8 Å². The quantitative estimate of drug-likeness (QED) is 0.781. The molecule has 0 heterocycles. The number of hydrogen-bond donors (Lipinski definition) is 1. The Morgan fingerprint density at radius 1 is 1.18 bits per heavy atom. The van der Waals surface area contributed by atoms with Crippen molar-refractivity contribution in [2.24, 2.45) is 0 Å². The van der Waals surface area contributed by atoms with Gasteiger partial charge in [0.05, 0.1) is 12.1 Å². The summed E-state index contributed by atoms with van der Waals surface area (Å²) in [7, 11) is 2.01. The SMILES string of the molecule is CCCC(OCC)C(NC)c1ccc(C)cc1. The van der Waals surface area contributed by atoms with E-state index in [2.05, 4.69) is 50.4 Å². The van der Waals surface area contributed by atoms with E-state index in [9.17, 15) is 0 Å². The van der Waals surface area contributed by atoms with Crippen LogP contribution in [0.5, 0.6) is 0 Å². The molecule has 1 aromatic rings. The van der Waals surface area contributed by atoms with Crippen LogP contribution in [0.3, 0.4) is 0 Å². The van der Waals surface area contributed by atoms with Crippen molar-refractivity contribution in [1.82, 2.24) is 5.32 Å². The van der Waals surface area contributed by atoms with Crippen LogP contribution in [0.25, 0.3) is 0 Å². The van der Waals surface area contributed by atoms with Crippen LogP contribution >= 0.6 is 0 Å². The van der Waals surface area contributed by atoms with E-state index >= 15 is 0 Å². The summed E-state index contributed by atoms with van der Waals surface area (Å²) in [4.78, 5) is 0. The summed E-state index contributed by atoms with van der Waals surface area (Å²) in [6, 6.07) is 9.00. The van der Waals surface area contributed by atoms with Crippen LogP contribution in [0.1, 0.15) is 43.9 Å². The lowest BCUT2D eigenvalue weighted by Gasteiger charge is -2.27. The lowest BCUT2D eigenvalue weighted by atomic mass is 9.97. The number of hydrogen-bond acceptors (Lipinski definition) is 2. The topological polar surface area (TPSA) is 21.3 Å². The number of likely N-dealkylation sites (N-methyl/N-ethyl adjacent to an activating group) is 1. The monoisotopic (exact) mass is 235 g/mol. The minimum Gasteiger partial charge on any atom is -0.377 e. The average Bonchev–Trinajstić information content (AvgIpc) is 2.33. The Morgan fingerprint density at radius 2 is 1.82 bits per heavy atom. The van der Waals surface area contributed by atoms with Crippen LogP contribution in [0.15, 0.2) is 24.3 Å². The second kappa shape index (κ2) is 7.46. The lowest BCUT2D eigenvalue weighted by molar-refractivity contribution is 0.0295. The van der Waals surface area contributed by atoms with Gasteiger partial charge in [0.1, 0.15) is 0 Å². The Morgan fingerprint density at radius 3 is 2.29 bits per heavy atom. The molecule has 0 amide bonds. The molecule has 0 aliphatic rings. The van der Waals surface area contributed by atoms with Gasteiger partial charge in [-0.25, -0.2) is 0 Å². The van der Waals surface area contributed by atoms with Crippen molar-refractivity contribution >= 4 is 0 Å². The smallest absolute Gasteiger partial charge is 0.0769 e. The molecule has 1 aromatic carbocycles. The number of nitrogens with one attached hydrogen (secondary N) is 1. The maximum atomic E-state index is 5.86. The highest BCUT2D eigenvalue weighted by atomic mass is 16.5. The van der Waals surface area contributed by atoms with Gasteiger partial charge < -0.3 is 10.1 Å². The van der Waals surface area contributed by atoms with E-state index in [0.29, 0.717) is 0 Å². The van der Waals surface area contributed by atoms with E-state index in [4.69, 9.17) is 4.74 Å². The molecule has 2 heteroatoms. The third kappa shape index (κ3) is 4.14. The first-order chi connectivity index (χ1) is 8.22. The first-order valence-corrected chi connectivity index (χ1v) is 6.58. The van der Waals surface area contributed by atoms with Gasteiger partial charge in [-0.05, 0) is 32.9 Å². The fourth-order valence-electron chi connectivity index (χ4n) is 2.19. The summed E-state index contributed by atoms with van der Waals surface area (Å²) in [5.41, 5.74) is 2.61. The summed E-state index contributed by atoms with van der Waals surface area (Å²) >= 11 is 0. The average molecular weight is 235 g/mol. The van der Waals surface area contributed by atoms with Crippen molar-refractivity contribution in [3.8, 4) is 0 Å². The van der Waals surface area contributed by atoms with Crippen molar-refractivity contribution in [1.29, 1.82) is 0 Å². The summed E-state index contributed by atoms with van der Waals surface area (Å²) in [5.74, 6) is 0. The predicted octanol–water partition coefficient (Wildman–Crippen LogP) is 3.46. The van der Waals surface area contributed by atoms with Gasteiger partial charge in [0.15, 0.2) is 0 Å². The van der Waals surface area contributed by atoms with Crippen LogP contribution in [0.4, 0.5) is 0 Å². The highest BCUT2D eigenvalue weighted by molar-refractivity contribution is 5.25. The van der Waals surface area contributed by atoms with Gasteiger partial charge in [-0.3, -0.25) is 0 Å². The number of rotatable bonds is 7. The van der Waals surface area contributed by atoms with E-state index in [-0.39, 0.29) is 12.1 Å². The Bertz CT molecular complexity index is 301. The normalized spacial score (nSPS) is 14.6. The molecule has 96 valence electrons. The predicted molar refractivity (Wildman–Crippen MR) is 73.3 cm³/mol. The molecule has 1 N–H and O–H groups in total. The summed E-state index contributed by atoms with van der Waals surface area (Å²) < 4.78 is 5.86. The van der Waals surface area contributed by atoms with Gasteiger partial charge in [0.2, 0.25) is 0 Å². The molecule has 17 heavy (non-hydrogen) atoms. The van der Waals surface area contributed by atoms with Gasteiger partial charge >= 0.3 is 0 Å². The molecule has 0 aliphatic heterocycles. The lowest BCUT2D eigenvalue weighted by Crippen LogP contribution is -2.31. The van der Waals surface area contributed by atoms with Crippen molar-refractivity contribution in [2.75, 3.05) is 13.7 Å². The van der Waals surface area contributed by atoms with Gasteiger partial charge in [-0.1, -0.05) is 43.2 Å². The number of benzene rings is 1. The summed E-state index contributed by atoms with van der Waals surface area (Å²) in [6.07, 6.45) is 2.50. The molecule has 2 unspecified atom stereocenters. The number of aryl methyl sites for hydroxylation is 1. The molecule has 0 aromatic heterocycles. The molecular formula is C15H25NO. The fraction of sp³-hybridized carbons (Fsp3) is 0.600. The zero-order valence-electron chi connectivity index (χ0n) is 11.5. The zero-order chi connectivity index (χ0) is 12.7. The molecule has 2 atom stereocenters. The molecule has 0 aliphatic carbocycles. The first-order valence-electron chi connectivity index (χ1n) is 6.58. The van der Waals surface area contributed by atoms with Gasteiger partial charge in [-0.15, -0.1) is 0 Å². The van der Waals surface area contributed by atoms with E-state index in [0.717, 1.165) is 19.4 Å². The molecular weight excluding hydrogens is 210 g/mol. The summed E-state index contributed by atoms with van der Waals surface area (Å²) in [6.45, 7) is 7.15. The molecule has 0 spiro atoms. The van der Waals surface area contributed by atoms with Crippen molar-refractivity contribution in [3.63, 3.8) is 0 Å². The Kier molecular flexibility index (Phi) is 6.23. The Hall–Kier alpha value is -0.860. The first kappa shape index (κ1) is 14.2. The molecule has 0 fully saturated rings. The Balaban J connectivity index is 2.83. The van der Waals surface area contributed by atoms with Crippen LogP contribution in [-0.4, -0.2) is 19.8 Å². The largest absolute Gasteiger partial charge is 0.377 e. The van der Waals surface area contributed by atoms with Crippen LogP contribution in [-0.2, 0) is 4.74 Å². The Labute approximate surface area is 105 Å². The van der Waals surface area contributed by atoms with Gasteiger partial charge in [0, 0.05) is 6.61 Å². The van der Waals surface area contributed by atoms with Crippen molar-refractivity contribution < 1.29 is 4.74 Å². The zero-order valence-corrected chi connectivity index (χ0v) is 11.5. The fourth-order valence-corrected chi connectivity index (χ4v) is 2.19. The molecule has 0 saturated carbocycles. The molecule has 2 nitrogen and oxygen atoms in total. The standard InChI is InChI=1S/C15H25NO/c1-5-7-14(17-6-2)15(16-4)13-10-8-12(3)9-11-13/h8-11,14-16H,5-7H2,1-4H3. The maximum absolute atomic E-state index is 5.86. The highest BCUT2D eigenvalue weighted by Crippen LogP contribution is 2.22. The van der Waals surface area contributed by atoms with Gasteiger partial charge in [0.25, 0.3) is 0 Å². The molecule has 1 rings (SSSR count). The molecule has 0 radical (unpaired) electrons. The third-order valence-corrected chi connectivity index (χ3v) is 3.07. The third-order valence-electron chi connectivity index (χ3n) is 3.07. The van der Waals surface area contributed by atoms with Crippen molar-refractivity contribution in [3.05, 3.63) is 35.4 Å². The highest BCUT2D eigenvalue weighted by Gasteiger charge is 2.21. The summed E-state index contributed by atoms with van der Waals surface area (Å²) in [5, 5.41) is 3.38. The maximum Gasteiger partial charge on any atom is 0.0769 e. The van der Waals surface area contributed by atoms with E-state index in [1.807, 2.05) is 7.05 Å². The minimum absolute atomic E-state index is 0.262. The minimum atomic E-state index is 0.262. The van der Waals surface area contributed by atoms with Crippen LogP contribution in [0.2, 0.25) is 0 Å².